The van der Waals surface area contributed by atoms with Gasteiger partial charge >= 0.3 is 5.97 Å². The number of carbonyl (C=O) groups excluding carboxylic acids is 2. The van der Waals surface area contributed by atoms with E-state index in [1.54, 1.807) is 6.20 Å². The third-order valence-electron chi connectivity index (χ3n) is 5.31. The lowest BCUT2D eigenvalue weighted by Gasteiger charge is -2.21. The molecule has 2 atom stereocenters. The number of hydroxylamine groups is 1. The van der Waals surface area contributed by atoms with Crippen molar-refractivity contribution in [3.8, 4) is 0 Å². The van der Waals surface area contributed by atoms with E-state index in [1.165, 1.54) is 0 Å². The molecule has 0 aliphatic carbocycles. The number of carbonyl (C=O) groups is 3. The summed E-state index contributed by atoms with van der Waals surface area (Å²) in [5.74, 6) is -3.45. The summed E-state index contributed by atoms with van der Waals surface area (Å²) in [5, 5.41) is 13.2. The number of fused-ring (bicyclic) bond motifs is 1. The summed E-state index contributed by atoms with van der Waals surface area (Å²) in [7, 11) is 0. The molecular weight excluding hydrogens is 422 g/mol. The second-order valence-electron chi connectivity index (χ2n) is 8.39. The van der Waals surface area contributed by atoms with Crippen molar-refractivity contribution in [3.05, 3.63) is 71.9 Å². The van der Waals surface area contributed by atoms with Crippen LogP contribution in [0.4, 0.5) is 0 Å². The minimum Gasteiger partial charge on any atom is -0.480 e. The Kier molecular flexibility index (Phi) is 8.21. The molecule has 0 radical (unpaired) electrons. The Morgan fingerprint density at radius 3 is 2.39 bits per heavy atom. The normalized spacial score (nSPS) is 12.9. The summed E-state index contributed by atoms with van der Waals surface area (Å²) in [5.41, 5.74) is 4.86. The molecule has 3 aromatic rings. The first-order valence-electron chi connectivity index (χ1n) is 10.9. The van der Waals surface area contributed by atoms with Crippen molar-refractivity contribution in [1.82, 2.24) is 15.8 Å². The summed E-state index contributed by atoms with van der Waals surface area (Å²) < 4.78 is 0. The lowest BCUT2D eigenvalue weighted by atomic mass is 9.95. The van der Waals surface area contributed by atoms with Crippen LogP contribution in [0.25, 0.3) is 10.9 Å². The number of nitrogens with one attached hydrogen (secondary N) is 3. The number of aromatic amines is 1. The fraction of sp³-hybridized carbons (Fsp3) is 0.320. The Bertz CT molecular complexity index is 1090. The SMILES string of the molecule is CC(C)CC(C(=O)NOCc1ccccc1)C(=O)N[C@@H](Cc1c[nH]c2ccccc12)C(=O)O. The number of aromatic nitrogens is 1. The van der Waals surface area contributed by atoms with Gasteiger partial charge in [0.15, 0.2) is 0 Å². The minimum atomic E-state index is -1.18. The molecule has 0 saturated carbocycles. The maximum absolute atomic E-state index is 13.0. The molecule has 4 N–H and O–H groups in total. The number of aliphatic carboxylic acids is 1. The van der Waals surface area contributed by atoms with Gasteiger partial charge in [0, 0.05) is 23.5 Å². The van der Waals surface area contributed by atoms with Gasteiger partial charge in [0.25, 0.3) is 5.91 Å². The van der Waals surface area contributed by atoms with E-state index in [0.717, 1.165) is 22.0 Å². The highest BCUT2D eigenvalue weighted by atomic mass is 16.6. The minimum absolute atomic E-state index is 0.0394. The van der Waals surface area contributed by atoms with Crippen LogP contribution in [-0.4, -0.2) is 33.9 Å². The van der Waals surface area contributed by atoms with Crippen molar-refractivity contribution < 1.29 is 24.3 Å². The molecule has 0 bridgehead atoms. The van der Waals surface area contributed by atoms with Crippen LogP contribution in [0.3, 0.4) is 0 Å². The monoisotopic (exact) mass is 451 g/mol. The van der Waals surface area contributed by atoms with Crippen LogP contribution in [0.1, 0.15) is 31.4 Å². The summed E-state index contributed by atoms with van der Waals surface area (Å²) in [6.07, 6.45) is 2.08. The van der Waals surface area contributed by atoms with Crippen LogP contribution in [0.15, 0.2) is 60.8 Å². The van der Waals surface area contributed by atoms with Crippen molar-refractivity contribution >= 4 is 28.7 Å². The molecule has 8 nitrogen and oxygen atoms in total. The number of carboxylic acids is 1. The first kappa shape index (κ1) is 24.0. The Hall–Kier alpha value is -3.65. The van der Waals surface area contributed by atoms with Gasteiger partial charge in [-0.25, -0.2) is 10.3 Å². The molecule has 33 heavy (non-hydrogen) atoms. The highest BCUT2D eigenvalue weighted by Gasteiger charge is 2.31. The lowest BCUT2D eigenvalue weighted by molar-refractivity contribution is -0.148. The van der Waals surface area contributed by atoms with Crippen LogP contribution in [-0.2, 0) is 32.2 Å². The first-order chi connectivity index (χ1) is 15.8. The predicted octanol–water partition coefficient (Wildman–Crippen LogP) is 3.19. The number of hydrogen-bond acceptors (Lipinski definition) is 4. The summed E-state index contributed by atoms with van der Waals surface area (Å²) in [6, 6.07) is 15.7. The Morgan fingerprint density at radius 1 is 1.00 bits per heavy atom. The first-order valence-corrected chi connectivity index (χ1v) is 10.9. The predicted molar refractivity (Wildman–Crippen MR) is 124 cm³/mol. The molecule has 0 aliphatic rings. The van der Waals surface area contributed by atoms with Gasteiger partial charge in [0.05, 0.1) is 6.61 Å². The van der Waals surface area contributed by atoms with Gasteiger partial charge in [-0.3, -0.25) is 14.4 Å². The molecule has 1 unspecified atom stereocenters. The van der Waals surface area contributed by atoms with Crippen LogP contribution in [0.2, 0.25) is 0 Å². The van der Waals surface area contributed by atoms with Crippen molar-refractivity contribution in [1.29, 1.82) is 0 Å². The topological polar surface area (TPSA) is 121 Å². The van der Waals surface area contributed by atoms with Crippen LogP contribution >= 0.6 is 0 Å². The Labute approximate surface area is 192 Å². The second-order valence-corrected chi connectivity index (χ2v) is 8.39. The standard InChI is InChI=1S/C25H29N3O5/c1-16(2)12-20(24(30)28-33-15-17-8-4-3-5-9-17)23(29)27-22(25(31)32)13-18-14-26-21-11-7-6-10-19(18)21/h3-11,14,16,20,22,26H,12-13,15H2,1-2H3,(H,27,29)(H,28,30)(H,31,32)/t20?,22-/m0/s1. The van der Waals surface area contributed by atoms with Gasteiger partial charge in [0.2, 0.25) is 5.91 Å². The molecule has 3 rings (SSSR count). The van der Waals surface area contributed by atoms with Gasteiger partial charge in [-0.15, -0.1) is 0 Å². The van der Waals surface area contributed by atoms with Crippen molar-refractivity contribution in [2.75, 3.05) is 0 Å². The van der Waals surface area contributed by atoms with Crippen molar-refractivity contribution in [2.24, 2.45) is 11.8 Å². The van der Waals surface area contributed by atoms with E-state index >= 15 is 0 Å². The molecule has 2 amide bonds. The van der Waals surface area contributed by atoms with Gasteiger partial charge in [-0.05, 0) is 29.5 Å². The maximum Gasteiger partial charge on any atom is 0.326 e. The summed E-state index contributed by atoms with van der Waals surface area (Å²) >= 11 is 0. The fourth-order valence-corrected chi connectivity index (χ4v) is 3.63. The maximum atomic E-state index is 13.0. The third-order valence-corrected chi connectivity index (χ3v) is 5.31. The number of para-hydroxylation sites is 1. The van der Waals surface area contributed by atoms with Crippen molar-refractivity contribution in [2.45, 2.75) is 39.3 Å². The number of carboxylic acid groups (broad SMARTS) is 1. The van der Waals surface area contributed by atoms with Crippen LogP contribution in [0.5, 0.6) is 0 Å². The Morgan fingerprint density at radius 2 is 1.70 bits per heavy atom. The zero-order valence-corrected chi connectivity index (χ0v) is 18.7. The number of hydrogen-bond donors (Lipinski definition) is 4. The number of amides is 2. The number of benzene rings is 2. The average Bonchev–Trinajstić information content (AvgIpc) is 3.20. The smallest absolute Gasteiger partial charge is 0.326 e. The van der Waals surface area contributed by atoms with E-state index in [9.17, 15) is 19.5 Å². The highest BCUT2D eigenvalue weighted by molar-refractivity contribution is 6.01. The zero-order valence-electron chi connectivity index (χ0n) is 18.7. The number of rotatable bonds is 11. The quantitative estimate of drug-likeness (QED) is 0.264. The van der Waals surface area contributed by atoms with Crippen LogP contribution in [0, 0.1) is 11.8 Å². The van der Waals surface area contributed by atoms with E-state index in [0.29, 0.717) is 0 Å². The van der Waals surface area contributed by atoms with Gasteiger partial charge in [-0.2, -0.15) is 0 Å². The zero-order chi connectivity index (χ0) is 23.8. The third kappa shape index (κ3) is 6.66. The lowest BCUT2D eigenvalue weighted by Crippen LogP contribution is -2.49. The van der Waals surface area contributed by atoms with E-state index in [1.807, 2.05) is 68.4 Å². The van der Waals surface area contributed by atoms with Gasteiger partial charge < -0.3 is 15.4 Å². The molecule has 0 aliphatic heterocycles. The molecule has 0 spiro atoms. The Balaban J connectivity index is 1.66. The molecular formula is C25H29N3O5. The average molecular weight is 452 g/mol. The largest absolute Gasteiger partial charge is 0.480 e. The fourth-order valence-electron chi connectivity index (χ4n) is 3.63. The van der Waals surface area contributed by atoms with E-state index in [-0.39, 0.29) is 25.4 Å². The van der Waals surface area contributed by atoms with Crippen LogP contribution < -0.4 is 10.8 Å². The molecule has 1 heterocycles. The molecule has 8 heteroatoms. The van der Waals surface area contributed by atoms with E-state index in [2.05, 4.69) is 15.8 Å². The summed E-state index contributed by atoms with van der Waals surface area (Å²) in [4.78, 5) is 45.9. The molecule has 0 fully saturated rings. The molecule has 174 valence electrons. The van der Waals surface area contributed by atoms with Crippen molar-refractivity contribution in [3.63, 3.8) is 0 Å². The second kappa shape index (κ2) is 11.3. The van der Waals surface area contributed by atoms with E-state index in [4.69, 9.17) is 4.84 Å². The number of H-pyrrole nitrogens is 1. The molecule has 2 aromatic carbocycles. The highest BCUT2D eigenvalue weighted by Crippen LogP contribution is 2.20. The molecule has 1 aromatic heterocycles. The molecule has 0 saturated heterocycles. The van der Waals surface area contributed by atoms with Gasteiger partial charge in [0.1, 0.15) is 12.0 Å². The van der Waals surface area contributed by atoms with Gasteiger partial charge in [-0.1, -0.05) is 62.4 Å². The summed E-state index contributed by atoms with van der Waals surface area (Å²) in [6.45, 7) is 3.93. The van der Waals surface area contributed by atoms with E-state index < -0.39 is 29.7 Å².